The van der Waals surface area contributed by atoms with E-state index >= 15 is 0 Å². The lowest BCUT2D eigenvalue weighted by molar-refractivity contribution is -0.128. The van der Waals surface area contributed by atoms with Crippen LogP contribution in [0.5, 0.6) is 0 Å². The first-order valence-corrected chi connectivity index (χ1v) is 9.19. The third kappa shape index (κ3) is 3.63. The second-order valence-corrected chi connectivity index (χ2v) is 7.68. The SMILES string of the molecule is Cc1cc(N2CCC3(CC2)CC(=O)N(Cc2ccc(F)c(F)c2)C3)ncn1. The maximum absolute atomic E-state index is 13.4. The Morgan fingerprint density at radius 3 is 2.59 bits per heavy atom. The molecule has 1 aromatic heterocycles. The predicted octanol–water partition coefficient (Wildman–Crippen LogP) is 3.08. The van der Waals surface area contributed by atoms with Gasteiger partial charge in [0, 0.05) is 49.8 Å². The van der Waals surface area contributed by atoms with Crippen molar-refractivity contribution in [1.29, 1.82) is 0 Å². The average Bonchev–Trinajstić information content (AvgIpc) is 2.94. The fourth-order valence-corrected chi connectivity index (χ4v) is 4.14. The number of nitrogens with zero attached hydrogens (tertiary/aromatic N) is 4. The van der Waals surface area contributed by atoms with E-state index in [-0.39, 0.29) is 11.3 Å². The minimum atomic E-state index is -0.873. The van der Waals surface area contributed by atoms with Gasteiger partial charge < -0.3 is 9.80 Å². The molecule has 27 heavy (non-hydrogen) atoms. The molecule has 1 spiro atoms. The first kappa shape index (κ1) is 17.8. The molecule has 0 aliphatic carbocycles. The molecule has 2 saturated heterocycles. The van der Waals surface area contributed by atoms with Crippen LogP contribution in [-0.2, 0) is 11.3 Å². The quantitative estimate of drug-likeness (QED) is 0.831. The molecule has 0 bridgehead atoms. The van der Waals surface area contributed by atoms with Crippen LogP contribution in [0.25, 0.3) is 0 Å². The van der Waals surface area contributed by atoms with Crippen molar-refractivity contribution in [2.45, 2.75) is 32.7 Å². The molecule has 0 unspecified atom stereocenters. The number of halogens is 2. The van der Waals surface area contributed by atoms with E-state index in [0.29, 0.717) is 25.1 Å². The first-order valence-electron chi connectivity index (χ1n) is 9.19. The molecule has 2 fully saturated rings. The maximum atomic E-state index is 13.4. The van der Waals surface area contributed by atoms with Gasteiger partial charge >= 0.3 is 0 Å². The summed E-state index contributed by atoms with van der Waals surface area (Å²) in [4.78, 5) is 25.0. The van der Waals surface area contributed by atoms with E-state index in [1.165, 1.54) is 12.1 Å². The minimum absolute atomic E-state index is 0.0335. The summed E-state index contributed by atoms with van der Waals surface area (Å²) in [7, 11) is 0. The molecule has 3 heterocycles. The third-order valence-electron chi connectivity index (χ3n) is 5.70. The molecule has 5 nitrogen and oxygen atoms in total. The normalized spacial score (nSPS) is 19.1. The standard InChI is InChI=1S/C20H22F2N4O/c1-14-8-18(24-13-23-14)25-6-4-20(5-7-25)10-19(27)26(12-20)11-15-2-3-16(21)17(22)9-15/h2-3,8-9,13H,4-7,10-12H2,1H3. The molecule has 2 aliphatic rings. The molecule has 0 N–H and O–H groups in total. The van der Waals surface area contributed by atoms with Crippen LogP contribution in [-0.4, -0.2) is 40.4 Å². The third-order valence-corrected chi connectivity index (χ3v) is 5.70. The van der Waals surface area contributed by atoms with Gasteiger partial charge in [0.2, 0.25) is 5.91 Å². The minimum Gasteiger partial charge on any atom is -0.356 e. The van der Waals surface area contributed by atoms with Crippen LogP contribution < -0.4 is 4.90 Å². The topological polar surface area (TPSA) is 49.3 Å². The van der Waals surface area contributed by atoms with E-state index in [4.69, 9.17) is 0 Å². The Hall–Kier alpha value is -2.57. The number of aryl methyl sites for hydroxylation is 1. The zero-order valence-electron chi connectivity index (χ0n) is 15.3. The van der Waals surface area contributed by atoms with Crippen molar-refractivity contribution in [2.75, 3.05) is 24.5 Å². The Labute approximate surface area is 157 Å². The number of carbonyl (C=O) groups excluding carboxylic acids is 1. The number of anilines is 1. The van der Waals surface area contributed by atoms with E-state index in [1.807, 2.05) is 13.0 Å². The molecule has 0 radical (unpaired) electrons. The Balaban J connectivity index is 1.41. The summed E-state index contributed by atoms with van der Waals surface area (Å²) in [6.45, 7) is 4.64. The van der Waals surface area contributed by atoms with Gasteiger partial charge in [-0.3, -0.25) is 4.79 Å². The number of piperidine rings is 1. The summed E-state index contributed by atoms with van der Waals surface area (Å²) in [6, 6.07) is 5.81. The van der Waals surface area contributed by atoms with Gasteiger partial charge in [-0.1, -0.05) is 6.07 Å². The number of rotatable bonds is 3. The van der Waals surface area contributed by atoms with Crippen LogP contribution >= 0.6 is 0 Å². The van der Waals surface area contributed by atoms with Gasteiger partial charge in [-0.15, -0.1) is 0 Å². The monoisotopic (exact) mass is 372 g/mol. The van der Waals surface area contributed by atoms with Gasteiger partial charge in [0.1, 0.15) is 12.1 Å². The van der Waals surface area contributed by atoms with Gasteiger partial charge in [0.05, 0.1) is 0 Å². The van der Waals surface area contributed by atoms with Crippen molar-refractivity contribution in [1.82, 2.24) is 14.9 Å². The number of carbonyl (C=O) groups is 1. The molecule has 7 heteroatoms. The second-order valence-electron chi connectivity index (χ2n) is 7.68. The summed E-state index contributed by atoms with van der Waals surface area (Å²) >= 11 is 0. The van der Waals surface area contributed by atoms with Gasteiger partial charge in [-0.2, -0.15) is 0 Å². The molecule has 0 saturated carbocycles. The molecular weight excluding hydrogens is 350 g/mol. The number of hydrogen-bond acceptors (Lipinski definition) is 4. The fourth-order valence-electron chi connectivity index (χ4n) is 4.14. The van der Waals surface area contributed by atoms with E-state index in [0.717, 1.165) is 43.5 Å². The Bertz CT molecular complexity index is 865. The lowest BCUT2D eigenvalue weighted by atomic mass is 9.77. The Morgan fingerprint density at radius 2 is 1.89 bits per heavy atom. The highest BCUT2D eigenvalue weighted by Gasteiger charge is 2.44. The molecule has 1 amide bonds. The fraction of sp³-hybridized carbons (Fsp3) is 0.450. The van der Waals surface area contributed by atoms with Crippen LogP contribution in [0.4, 0.5) is 14.6 Å². The zero-order valence-corrected chi connectivity index (χ0v) is 15.3. The number of aromatic nitrogens is 2. The highest BCUT2D eigenvalue weighted by Crippen LogP contribution is 2.42. The first-order chi connectivity index (χ1) is 12.9. The largest absolute Gasteiger partial charge is 0.356 e. The number of hydrogen-bond donors (Lipinski definition) is 0. The van der Waals surface area contributed by atoms with Crippen LogP contribution in [0, 0.1) is 24.0 Å². The van der Waals surface area contributed by atoms with Crippen LogP contribution in [0.1, 0.15) is 30.5 Å². The summed E-state index contributed by atoms with van der Waals surface area (Å²) < 4.78 is 26.5. The summed E-state index contributed by atoms with van der Waals surface area (Å²) in [6.07, 6.45) is 3.93. The molecule has 4 rings (SSSR count). The molecule has 0 atom stereocenters. The Kier molecular flexibility index (Phi) is 4.53. The number of amides is 1. The van der Waals surface area contributed by atoms with Gasteiger partial charge in [-0.05, 0) is 37.5 Å². The second kappa shape index (κ2) is 6.87. The molecule has 142 valence electrons. The van der Waals surface area contributed by atoms with Gasteiger partial charge in [0.25, 0.3) is 0 Å². The van der Waals surface area contributed by atoms with E-state index in [1.54, 1.807) is 11.2 Å². The van der Waals surface area contributed by atoms with Crippen LogP contribution in [0.15, 0.2) is 30.6 Å². The van der Waals surface area contributed by atoms with E-state index in [2.05, 4.69) is 14.9 Å². The molecule has 2 aromatic rings. The predicted molar refractivity (Wildman–Crippen MR) is 97.0 cm³/mol. The van der Waals surface area contributed by atoms with Crippen molar-refractivity contribution < 1.29 is 13.6 Å². The van der Waals surface area contributed by atoms with Gasteiger partial charge in [0.15, 0.2) is 11.6 Å². The lowest BCUT2D eigenvalue weighted by Crippen LogP contribution is -2.42. The highest BCUT2D eigenvalue weighted by atomic mass is 19.2. The van der Waals surface area contributed by atoms with Crippen molar-refractivity contribution in [2.24, 2.45) is 5.41 Å². The van der Waals surface area contributed by atoms with Crippen molar-refractivity contribution in [3.63, 3.8) is 0 Å². The summed E-state index contributed by atoms with van der Waals surface area (Å²) in [5.74, 6) is -0.719. The molecule has 2 aliphatic heterocycles. The molecule has 1 aromatic carbocycles. The number of benzene rings is 1. The van der Waals surface area contributed by atoms with Crippen molar-refractivity contribution in [3.8, 4) is 0 Å². The average molecular weight is 372 g/mol. The van der Waals surface area contributed by atoms with Crippen molar-refractivity contribution in [3.05, 3.63) is 53.5 Å². The van der Waals surface area contributed by atoms with E-state index in [9.17, 15) is 13.6 Å². The summed E-state index contributed by atoms with van der Waals surface area (Å²) in [5.41, 5.74) is 1.52. The maximum Gasteiger partial charge on any atom is 0.223 e. The lowest BCUT2D eigenvalue weighted by Gasteiger charge is -2.39. The number of likely N-dealkylation sites (tertiary alicyclic amines) is 1. The van der Waals surface area contributed by atoms with E-state index < -0.39 is 11.6 Å². The molecular formula is C20H22F2N4O. The smallest absolute Gasteiger partial charge is 0.223 e. The summed E-state index contributed by atoms with van der Waals surface area (Å²) in [5, 5.41) is 0. The van der Waals surface area contributed by atoms with Crippen LogP contribution in [0.2, 0.25) is 0 Å². The van der Waals surface area contributed by atoms with Gasteiger partial charge in [-0.25, -0.2) is 18.7 Å². The Morgan fingerprint density at radius 1 is 1.11 bits per heavy atom. The van der Waals surface area contributed by atoms with Crippen molar-refractivity contribution >= 4 is 11.7 Å². The van der Waals surface area contributed by atoms with Crippen LogP contribution in [0.3, 0.4) is 0 Å². The highest BCUT2D eigenvalue weighted by molar-refractivity contribution is 5.79. The zero-order chi connectivity index (χ0) is 19.0.